The molecule has 2 N–H and O–H groups in total. The number of hydrogen-bond acceptors (Lipinski definition) is 2. The van der Waals surface area contributed by atoms with Crippen LogP contribution in [0.15, 0.2) is 18.2 Å². The topological polar surface area (TPSA) is 32.3 Å². The van der Waals surface area contributed by atoms with Crippen molar-refractivity contribution in [2.45, 2.75) is 38.3 Å². The van der Waals surface area contributed by atoms with Crippen molar-refractivity contribution in [2.24, 2.45) is 0 Å². The van der Waals surface area contributed by atoms with Crippen LogP contribution in [0, 0.1) is 0 Å². The molecule has 1 aromatic carbocycles. The van der Waals surface area contributed by atoms with Gasteiger partial charge in [0, 0.05) is 17.1 Å². The first-order chi connectivity index (χ1) is 7.72. The van der Waals surface area contributed by atoms with Gasteiger partial charge in [-0.05, 0) is 42.5 Å². The fraction of sp³-hybridized carbons (Fsp3) is 0.538. The molecule has 2 atom stereocenters. The quantitative estimate of drug-likeness (QED) is 0.844. The third kappa shape index (κ3) is 2.57. The minimum absolute atomic E-state index is 0.212. The van der Waals surface area contributed by atoms with Gasteiger partial charge in [0.2, 0.25) is 0 Å². The summed E-state index contributed by atoms with van der Waals surface area (Å²) in [5.74, 6) is 0. The lowest BCUT2D eigenvalue weighted by Gasteiger charge is -2.19. The highest BCUT2D eigenvalue weighted by molar-refractivity contribution is 6.30. The molecular weight excluding hydrogens is 222 g/mol. The Balaban J connectivity index is 2.00. The van der Waals surface area contributed by atoms with Gasteiger partial charge < -0.3 is 10.4 Å². The molecule has 0 amide bonds. The standard InChI is InChI=1S/C13H18ClNO/c1-2-12(8-16)15-13-6-9-3-4-11(14)5-10(9)7-13/h3-5,12-13,15-16H,2,6-8H2,1H3/t12-,13?/m1/s1. The number of nitrogens with one attached hydrogen (secondary N) is 1. The van der Waals surface area contributed by atoms with E-state index in [-0.39, 0.29) is 12.6 Å². The van der Waals surface area contributed by atoms with Gasteiger partial charge in [0.1, 0.15) is 0 Å². The van der Waals surface area contributed by atoms with Crippen LogP contribution in [-0.2, 0) is 12.8 Å². The van der Waals surface area contributed by atoms with Crippen molar-refractivity contribution >= 4 is 11.6 Å². The van der Waals surface area contributed by atoms with E-state index in [2.05, 4.69) is 24.4 Å². The molecule has 3 heteroatoms. The van der Waals surface area contributed by atoms with Gasteiger partial charge >= 0.3 is 0 Å². The lowest BCUT2D eigenvalue weighted by atomic mass is 10.1. The second-order valence-corrected chi connectivity index (χ2v) is 4.91. The van der Waals surface area contributed by atoms with Crippen LogP contribution in [0.3, 0.4) is 0 Å². The van der Waals surface area contributed by atoms with Crippen LogP contribution in [0.1, 0.15) is 24.5 Å². The number of rotatable bonds is 4. The van der Waals surface area contributed by atoms with E-state index < -0.39 is 0 Å². The molecule has 0 saturated heterocycles. The summed E-state index contributed by atoms with van der Waals surface area (Å²) in [6.45, 7) is 2.30. The number of benzene rings is 1. The summed E-state index contributed by atoms with van der Waals surface area (Å²) < 4.78 is 0. The van der Waals surface area contributed by atoms with Crippen LogP contribution in [0.5, 0.6) is 0 Å². The van der Waals surface area contributed by atoms with E-state index >= 15 is 0 Å². The van der Waals surface area contributed by atoms with Crippen molar-refractivity contribution < 1.29 is 5.11 Å². The maximum Gasteiger partial charge on any atom is 0.0584 e. The van der Waals surface area contributed by atoms with E-state index in [4.69, 9.17) is 16.7 Å². The lowest BCUT2D eigenvalue weighted by molar-refractivity contribution is 0.228. The number of aliphatic hydroxyl groups excluding tert-OH is 1. The van der Waals surface area contributed by atoms with E-state index in [1.54, 1.807) is 0 Å². The fourth-order valence-electron chi connectivity index (χ4n) is 2.34. The molecule has 2 nitrogen and oxygen atoms in total. The molecule has 0 spiro atoms. The molecule has 0 radical (unpaired) electrons. The van der Waals surface area contributed by atoms with Gasteiger partial charge in [-0.3, -0.25) is 0 Å². The van der Waals surface area contributed by atoms with Crippen molar-refractivity contribution in [3.05, 3.63) is 34.3 Å². The molecule has 0 aliphatic heterocycles. The zero-order valence-corrected chi connectivity index (χ0v) is 10.3. The van der Waals surface area contributed by atoms with Crippen LogP contribution >= 0.6 is 11.6 Å². The van der Waals surface area contributed by atoms with Gasteiger partial charge in [-0.1, -0.05) is 24.6 Å². The number of halogens is 1. The number of hydrogen-bond donors (Lipinski definition) is 2. The molecule has 16 heavy (non-hydrogen) atoms. The molecule has 1 aliphatic rings. The van der Waals surface area contributed by atoms with Crippen molar-refractivity contribution in [1.29, 1.82) is 0 Å². The summed E-state index contributed by atoms with van der Waals surface area (Å²) in [4.78, 5) is 0. The molecule has 0 fully saturated rings. The summed E-state index contributed by atoms with van der Waals surface area (Å²) in [7, 11) is 0. The Morgan fingerprint density at radius 2 is 2.19 bits per heavy atom. The first kappa shape index (κ1) is 11.9. The van der Waals surface area contributed by atoms with Gasteiger partial charge in [0.05, 0.1) is 6.61 Å². The van der Waals surface area contributed by atoms with Crippen LogP contribution in [0.2, 0.25) is 5.02 Å². The van der Waals surface area contributed by atoms with Gasteiger partial charge in [-0.25, -0.2) is 0 Å². The monoisotopic (exact) mass is 239 g/mol. The summed E-state index contributed by atoms with van der Waals surface area (Å²) in [5, 5.41) is 13.5. The SMILES string of the molecule is CC[C@H](CO)NC1Cc2ccc(Cl)cc2C1. The minimum Gasteiger partial charge on any atom is -0.395 e. The Labute approximate surface area is 102 Å². The van der Waals surface area contributed by atoms with Crippen molar-refractivity contribution in [1.82, 2.24) is 5.32 Å². The minimum atomic E-state index is 0.212. The Morgan fingerprint density at radius 3 is 2.88 bits per heavy atom. The van der Waals surface area contributed by atoms with Gasteiger partial charge in [-0.15, -0.1) is 0 Å². The molecule has 0 bridgehead atoms. The van der Waals surface area contributed by atoms with Gasteiger partial charge in [0.15, 0.2) is 0 Å². The predicted molar refractivity (Wildman–Crippen MR) is 66.9 cm³/mol. The molecule has 0 saturated carbocycles. The van der Waals surface area contributed by atoms with E-state index in [1.165, 1.54) is 11.1 Å². The number of fused-ring (bicyclic) bond motifs is 1. The first-order valence-electron chi connectivity index (χ1n) is 5.87. The lowest BCUT2D eigenvalue weighted by Crippen LogP contribution is -2.40. The molecular formula is C13H18ClNO. The molecule has 1 aliphatic carbocycles. The van der Waals surface area contributed by atoms with Crippen molar-refractivity contribution in [2.75, 3.05) is 6.61 Å². The van der Waals surface area contributed by atoms with Gasteiger partial charge in [0.25, 0.3) is 0 Å². The van der Waals surface area contributed by atoms with Crippen LogP contribution in [0.4, 0.5) is 0 Å². The Bertz CT molecular complexity index is 363. The Kier molecular flexibility index (Phi) is 3.85. The number of aliphatic hydroxyl groups is 1. The fourth-order valence-corrected chi connectivity index (χ4v) is 2.53. The van der Waals surface area contributed by atoms with E-state index in [9.17, 15) is 0 Å². The third-order valence-corrected chi connectivity index (χ3v) is 3.52. The maximum atomic E-state index is 9.16. The zero-order valence-electron chi connectivity index (χ0n) is 9.54. The molecule has 0 aromatic heterocycles. The summed E-state index contributed by atoms with van der Waals surface area (Å²) in [6.07, 6.45) is 3.03. The smallest absolute Gasteiger partial charge is 0.0584 e. The predicted octanol–water partition coefficient (Wildman–Crippen LogP) is 2.17. The maximum absolute atomic E-state index is 9.16. The van der Waals surface area contributed by atoms with Gasteiger partial charge in [-0.2, -0.15) is 0 Å². The summed E-state index contributed by atoms with van der Waals surface area (Å²) >= 11 is 5.97. The van der Waals surface area contributed by atoms with E-state index in [1.807, 2.05) is 6.07 Å². The summed E-state index contributed by atoms with van der Waals surface area (Å²) in [6, 6.07) is 6.78. The third-order valence-electron chi connectivity index (χ3n) is 3.29. The highest BCUT2D eigenvalue weighted by atomic mass is 35.5. The Morgan fingerprint density at radius 1 is 1.44 bits per heavy atom. The highest BCUT2D eigenvalue weighted by Crippen LogP contribution is 2.25. The van der Waals surface area contributed by atoms with E-state index in [0.29, 0.717) is 6.04 Å². The molecule has 1 unspecified atom stereocenters. The second kappa shape index (κ2) is 5.17. The molecule has 88 valence electrons. The average molecular weight is 240 g/mol. The average Bonchev–Trinajstić information content (AvgIpc) is 2.67. The Hall–Kier alpha value is -0.570. The molecule has 2 rings (SSSR count). The van der Waals surface area contributed by atoms with E-state index in [0.717, 1.165) is 24.3 Å². The van der Waals surface area contributed by atoms with Crippen LogP contribution < -0.4 is 5.32 Å². The second-order valence-electron chi connectivity index (χ2n) is 4.47. The van der Waals surface area contributed by atoms with Crippen LogP contribution in [0.25, 0.3) is 0 Å². The molecule has 0 heterocycles. The van der Waals surface area contributed by atoms with Crippen molar-refractivity contribution in [3.63, 3.8) is 0 Å². The normalized spacial score (nSPS) is 20.8. The first-order valence-corrected chi connectivity index (χ1v) is 6.25. The zero-order chi connectivity index (χ0) is 11.5. The largest absolute Gasteiger partial charge is 0.395 e. The highest BCUT2D eigenvalue weighted by Gasteiger charge is 2.22. The molecule has 1 aromatic rings. The summed E-state index contributed by atoms with van der Waals surface area (Å²) in [5.41, 5.74) is 2.73. The van der Waals surface area contributed by atoms with Crippen molar-refractivity contribution in [3.8, 4) is 0 Å². The van der Waals surface area contributed by atoms with Crippen LogP contribution in [-0.4, -0.2) is 23.8 Å².